The van der Waals surface area contributed by atoms with Crippen LogP contribution in [-0.4, -0.2) is 6.29 Å². The quantitative estimate of drug-likeness (QED) is 0.766. The van der Waals surface area contributed by atoms with Crippen molar-refractivity contribution < 1.29 is 9.21 Å². The van der Waals surface area contributed by atoms with Gasteiger partial charge in [-0.25, -0.2) is 0 Å². The van der Waals surface area contributed by atoms with E-state index in [0.29, 0.717) is 5.92 Å². The Morgan fingerprint density at radius 3 is 2.80 bits per heavy atom. The number of halogens is 1. The zero-order valence-electron chi connectivity index (χ0n) is 8.58. The predicted octanol–water partition coefficient (Wildman–Crippen LogP) is 4.13. The molecule has 0 saturated heterocycles. The van der Waals surface area contributed by atoms with Crippen molar-refractivity contribution in [3.05, 3.63) is 34.0 Å². The minimum atomic E-state index is 0.304. The van der Waals surface area contributed by atoms with Crippen molar-refractivity contribution in [1.82, 2.24) is 0 Å². The van der Waals surface area contributed by atoms with E-state index in [1.165, 1.54) is 0 Å². The molecule has 0 saturated carbocycles. The summed E-state index contributed by atoms with van der Waals surface area (Å²) in [5.41, 5.74) is 2.59. The molecule has 0 fully saturated rings. The molecule has 78 valence electrons. The molecule has 0 unspecified atom stereocenters. The third-order valence-electron chi connectivity index (χ3n) is 2.47. The van der Waals surface area contributed by atoms with Gasteiger partial charge < -0.3 is 4.42 Å². The van der Waals surface area contributed by atoms with Gasteiger partial charge in [0.1, 0.15) is 11.9 Å². The molecule has 0 bridgehead atoms. The molecule has 2 rings (SSSR count). The van der Waals surface area contributed by atoms with Gasteiger partial charge in [-0.1, -0.05) is 13.8 Å². The summed E-state index contributed by atoms with van der Waals surface area (Å²) in [6.07, 6.45) is 2.54. The first-order chi connectivity index (χ1) is 7.15. The Hall–Kier alpha value is -1.09. The Morgan fingerprint density at radius 1 is 1.47 bits per heavy atom. The molecule has 0 spiro atoms. The van der Waals surface area contributed by atoms with Gasteiger partial charge in [0.05, 0.1) is 10.7 Å². The number of furan rings is 1. The van der Waals surface area contributed by atoms with E-state index in [1.54, 1.807) is 6.26 Å². The molecule has 0 aliphatic heterocycles. The maximum atomic E-state index is 11.0. The molecule has 2 aromatic rings. The van der Waals surface area contributed by atoms with Crippen LogP contribution in [0.1, 0.15) is 35.7 Å². The van der Waals surface area contributed by atoms with Gasteiger partial charge >= 0.3 is 0 Å². The Labute approximate surface area is 96.4 Å². The average molecular weight is 267 g/mol. The number of carbonyl (C=O) groups is 1. The van der Waals surface area contributed by atoms with E-state index in [1.807, 2.05) is 12.1 Å². The van der Waals surface area contributed by atoms with Gasteiger partial charge in [0, 0.05) is 10.9 Å². The second-order valence-electron chi connectivity index (χ2n) is 3.80. The van der Waals surface area contributed by atoms with Crippen LogP contribution in [0.2, 0.25) is 0 Å². The summed E-state index contributed by atoms with van der Waals surface area (Å²) in [4.78, 5) is 11.0. The highest BCUT2D eigenvalue weighted by Crippen LogP contribution is 2.34. The van der Waals surface area contributed by atoms with Crippen LogP contribution < -0.4 is 0 Å². The number of benzene rings is 1. The molecule has 0 amide bonds. The molecule has 15 heavy (non-hydrogen) atoms. The molecule has 1 aromatic carbocycles. The normalized spacial score (nSPS) is 11.2. The number of carbonyl (C=O) groups excluding carboxylic acids is 1. The van der Waals surface area contributed by atoms with Crippen molar-refractivity contribution in [3.63, 3.8) is 0 Å². The molecule has 0 aliphatic rings. The summed E-state index contributed by atoms with van der Waals surface area (Å²) in [6, 6.07) is 3.72. The van der Waals surface area contributed by atoms with Gasteiger partial charge in [-0.15, -0.1) is 0 Å². The Kier molecular flexibility index (Phi) is 2.65. The summed E-state index contributed by atoms with van der Waals surface area (Å²) >= 11 is 3.40. The third-order valence-corrected chi connectivity index (χ3v) is 3.06. The van der Waals surface area contributed by atoms with Crippen LogP contribution in [0.15, 0.2) is 27.3 Å². The maximum absolute atomic E-state index is 11.0. The van der Waals surface area contributed by atoms with Crippen LogP contribution in [-0.2, 0) is 0 Å². The smallest absolute Gasteiger partial charge is 0.150 e. The molecule has 1 heterocycles. The minimum absolute atomic E-state index is 0.304. The average Bonchev–Trinajstić information content (AvgIpc) is 2.65. The molecular formula is C12H11BrO2. The van der Waals surface area contributed by atoms with E-state index in [-0.39, 0.29) is 0 Å². The SMILES string of the molecule is CC(C)c1c(C=O)cc(Br)c2occc12. The lowest BCUT2D eigenvalue weighted by Gasteiger charge is -2.10. The Bertz CT molecular complexity index is 512. The summed E-state index contributed by atoms with van der Waals surface area (Å²) in [7, 11) is 0. The topological polar surface area (TPSA) is 30.2 Å². The number of rotatable bonds is 2. The lowest BCUT2D eigenvalue weighted by molar-refractivity contribution is 0.112. The first kappa shape index (κ1) is 10.4. The van der Waals surface area contributed by atoms with E-state index >= 15 is 0 Å². The first-order valence-electron chi connectivity index (χ1n) is 4.80. The van der Waals surface area contributed by atoms with Gasteiger partial charge in [0.15, 0.2) is 0 Å². The van der Waals surface area contributed by atoms with Crippen LogP contribution in [0.3, 0.4) is 0 Å². The van der Waals surface area contributed by atoms with E-state index < -0.39 is 0 Å². The number of hydrogen-bond donors (Lipinski definition) is 0. The molecule has 0 aliphatic carbocycles. The Morgan fingerprint density at radius 2 is 2.20 bits per heavy atom. The first-order valence-corrected chi connectivity index (χ1v) is 5.59. The molecule has 3 heteroatoms. The van der Waals surface area contributed by atoms with Crippen molar-refractivity contribution in [1.29, 1.82) is 0 Å². The zero-order valence-corrected chi connectivity index (χ0v) is 10.2. The number of fused-ring (bicyclic) bond motifs is 1. The molecule has 0 N–H and O–H groups in total. The number of hydrogen-bond acceptors (Lipinski definition) is 2. The fourth-order valence-corrected chi connectivity index (χ4v) is 2.44. The molecule has 1 aromatic heterocycles. The highest BCUT2D eigenvalue weighted by molar-refractivity contribution is 9.10. The lowest BCUT2D eigenvalue weighted by Crippen LogP contribution is -1.96. The van der Waals surface area contributed by atoms with E-state index in [0.717, 1.165) is 32.9 Å². The summed E-state index contributed by atoms with van der Waals surface area (Å²) in [5.74, 6) is 0.304. The van der Waals surface area contributed by atoms with Gasteiger partial charge in [0.2, 0.25) is 0 Å². The van der Waals surface area contributed by atoms with Crippen molar-refractivity contribution in [2.45, 2.75) is 19.8 Å². The highest BCUT2D eigenvalue weighted by atomic mass is 79.9. The standard InChI is InChI=1S/C12H11BrO2/c1-7(2)11-8(6-14)5-10(13)12-9(11)3-4-15-12/h3-7H,1-2H3. The maximum Gasteiger partial charge on any atom is 0.150 e. The van der Waals surface area contributed by atoms with Crippen LogP contribution in [0.4, 0.5) is 0 Å². The largest absolute Gasteiger partial charge is 0.463 e. The van der Waals surface area contributed by atoms with Crippen LogP contribution >= 0.6 is 15.9 Å². The fraction of sp³-hybridized carbons (Fsp3) is 0.250. The van der Waals surface area contributed by atoms with Gasteiger partial charge in [0.25, 0.3) is 0 Å². The second kappa shape index (κ2) is 3.81. The Balaban J connectivity index is 2.88. The van der Waals surface area contributed by atoms with E-state index in [9.17, 15) is 4.79 Å². The molecule has 2 nitrogen and oxygen atoms in total. The predicted molar refractivity (Wildman–Crippen MR) is 63.4 cm³/mol. The highest BCUT2D eigenvalue weighted by Gasteiger charge is 2.15. The lowest BCUT2D eigenvalue weighted by atomic mass is 9.94. The van der Waals surface area contributed by atoms with Crippen molar-refractivity contribution >= 4 is 33.2 Å². The van der Waals surface area contributed by atoms with Gasteiger partial charge in [-0.2, -0.15) is 0 Å². The van der Waals surface area contributed by atoms with Crippen LogP contribution in [0, 0.1) is 0 Å². The molecule has 0 atom stereocenters. The van der Waals surface area contributed by atoms with Crippen molar-refractivity contribution in [3.8, 4) is 0 Å². The second-order valence-corrected chi connectivity index (χ2v) is 4.65. The molecular weight excluding hydrogens is 256 g/mol. The number of aldehydes is 1. The van der Waals surface area contributed by atoms with E-state index in [4.69, 9.17) is 4.42 Å². The van der Waals surface area contributed by atoms with Gasteiger partial charge in [-0.05, 0) is 39.5 Å². The molecule has 0 radical (unpaired) electrons. The summed E-state index contributed by atoms with van der Waals surface area (Å²) < 4.78 is 6.20. The van der Waals surface area contributed by atoms with Crippen LogP contribution in [0.5, 0.6) is 0 Å². The summed E-state index contributed by atoms with van der Waals surface area (Å²) in [6.45, 7) is 4.14. The summed E-state index contributed by atoms with van der Waals surface area (Å²) in [5, 5.41) is 1.02. The van der Waals surface area contributed by atoms with Crippen LogP contribution in [0.25, 0.3) is 11.0 Å². The van der Waals surface area contributed by atoms with Crippen molar-refractivity contribution in [2.24, 2.45) is 0 Å². The van der Waals surface area contributed by atoms with Crippen molar-refractivity contribution in [2.75, 3.05) is 0 Å². The third kappa shape index (κ3) is 1.61. The zero-order chi connectivity index (χ0) is 11.0. The fourth-order valence-electron chi connectivity index (χ4n) is 1.88. The minimum Gasteiger partial charge on any atom is -0.463 e. The monoisotopic (exact) mass is 266 g/mol. The van der Waals surface area contributed by atoms with Gasteiger partial charge in [-0.3, -0.25) is 4.79 Å². The van der Waals surface area contributed by atoms with E-state index in [2.05, 4.69) is 29.8 Å².